The second-order valence-corrected chi connectivity index (χ2v) is 3.03. The van der Waals surface area contributed by atoms with Gasteiger partial charge in [-0.2, -0.15) is 5.26 Å². The number of H-pyrrole nitrogens is 1. The molecule has 5 nitrogen and oxygen atoms in total. The molecule has 15 heavy (non-hydrogen) atoms. The highest BCUT2D eigenvalue weighted by molar-refractivity contribution is 5.61. The van der Waals surface area contributed by atoms with Crippen LogP contribution in [0.25, 0.3) is 11.1 Å². The summed E-state index contributed by atoms with van der Waals surface area (Å²) in [5, 5.41) is 8.63. The fraction of sp³-hybridized carbons (Fsp3) is 0.100. The summed E-state index contributed by atoms with van der Waals surface area (Å²) >= 11 is 0. The first-order chi connectivity index (χ1) is 7.31. The largest absolute Gasteiger partial charge is 0.367 e. The Morgan fingerprint density at radius 2 is 2.07 bits per heavy atom. The minimum absolute atomic E-state index is 0.400. The lowest BCUT2D eigenvalue weighted by Crippen LogP contribution is -2.11. The lowest BCUT2D eigenvalue weighted by atomic mass is 10.2. The van der Waals surface area contributed by atoms with Gasteiger partial charge in [-0.3, -0.25) is 4.90 Å². The number of hydrogen-bond donors (Lipinski definition) is 1. The van der Waals surface area contributed by atoms with Crippen LogP contribution in [0.3, 0.4) is 0 Å². The molecule has 0 aliphatic rings. The van der Waals surface area contributed by atoms with Crippen molar-refractivity contribution < 1.29 is 0 Å². The van der Waals surface area contributed by atoms with Gasteiger partial charge in [0.05, 0.1) is 0 Å². The van der Waals surface area contributed by atoms with Gasteiger partial charge in [0.25, 0.3) is 0 Å². The molecule has 0 spiro atoms. The third-order valence-corrected chi connectivity index (χ3v) is 2.02. The van der Waals surface area contributed by atoms with Crippen molar-refractivity contribution >= 4 is 5.95 Å². The van der Waals surface area contributed by atoms with Gasteiger partial charge in [0, 0.05) is 43.0 Å². The molecule has 0 aliphatic heterocycles. The Hall–Kier alpha value is -2.35. The van der Waals surface area contributed by atoms with E-state index in [4.69, 9.17) is 5.26 Å². The summed E-state index contributed by atoms with van der Waals surface area (Å²) in [6.45, 7) is 0. The second kappa shape index (κ2) is 3.80. The number of nitrogens with one attached hydrogen (secondary N) is 1. The molecule has 0 amide bonds. The molecule has 0 saturated heterocycles. The minimum Gasteiger partial charge on any atom is -0.367 e. The third-order valence-electron chi connectivity index (χ3n) is 2.02. The van der Waals surface area contributed by atoms with Crippen LogP contribution in [-0.2, 0) is 0 Å². The molecule has 74 valence electrons. The zero-order valence-corrected chi connectivity index (χ0v) is 8.18. The van der Waals surface area contributed by atoms with E-state index in [1.807, 2.05) is 24.7 Å². The Labute approximate surface area is 87.0 Å². The van der Waals surface area contributed by atoms with Crippen LogP contribution in [0.4, 0.5) is 5.95 Å². The molecular formula is C10H9N5. The van der Waals surface area contributed by atoms with Crippen molar-refractivity contribution in [2.24, 2.45) is 0 Å². The van der Waals surface area contributed by atoms with E-state index < -0.39 is 0 Å². The molecule has 2 rings (SSSR count). The van der Waals surface area contributed by atoms with Crippen LogP contribution in [0.2, 0.25) is 0 Å². The zero-order chi connectivity index (χ0) is 10.7. The van der Waals surface area contributed by atoms with Gasteiger partial charge in [0.15, 0.2) is 6.19 Å². The zero-order valence-electron chi connectivity index (χ0n) is 8.18. The Morgan fingerprint density at radius 3 is 2.60 bits per heavy atom. The highest BCUT2D eigenvalue weighted by atomic mass is 15.2. The van der Waals surface area contributed by atoms with Gasteiger partial charge in [-0.15, -0.1) is 0 Å². The second-order valence-electron chi connectivity index (χ2n) is 3.03. The fourth-order valence-electron chi connectivity index (χ4n) is 1.19. The Bertz CT molecular complexity index is 466. The number of nitrogens with zero attached hydrogens (tertiary/aromatic N) is 4. The van der Waals surface area contributed by atoms with Crippen molar-refractivity contribution in [3.63, 3.8) is 0 Å². The first kappa shape index (κ1) is 9.21. The summed E-state index contributed by atoms with van der Waals surface area (Å²) in [4.78, 5) is 12.4. The van der Waals surface area contributed by atoms with E-state index in [-0.39, 0.29) is 0 Å². The SMILES string of the molecule is CN(C#N)c1ncc(-c2cc[nH]c2)cn1. The van der Waals surface area contributed by atoms with Gasteiger partial charge in [0.2, 0.25) is 5.95 Å². The summed E-state index contributed by atoms with van der Waals surface area (Å²) in [6, 6.07) is 1.94. The van der Waals surface area contributed by atoms with Gasteiger partial charge in [0.1, 0.15) is 0 Å². The topological polar surface area (TPSA) is 68.6 Å². The number of aromatic nitrogens is 3. The quantitative estimate of drug-likeness (QED) is 0.586. The summed E-state index contributed by atoms with van der Waals surface area (Å²) in [7, 11) is 1.62. The molecule has 5 heteroatoms. The maximum atomic E-state index is 8.63. The molecule has 1 N–H and O–H groups in total. The molecule has 2 heterocycles. The molecular weight excluding hydrogens is 190 g/mol. The lowest BCUT2D eigenvalue weighted by Gasteiger charge is -2.05. The Balaban J connectivity index is 2.30. The number of hydrogen-bond acceptors (Lipinski definition) is 4. The smallest absolute Gasteiger partial charge is 0.238 e. The Morgan fingerprint density at radius 1 is 1.33 bits per heavy atom. The highest BCUT2D eigenvalue weighted by Crippen LogP contribution is 2.17. The van der Waals surface area contributed by atoms with Crippen molar-refractivity contribution in [2.75, 3.05) is 11.9 Å². The molecule has 0 bridgehead atoms. The molecule has 0 aromatic carbocycles. The van der Waals surface area contributed by atoms with E-state index in [1.165, 1.54) is 4.90 Å². The normalized spacial score (nSPS) is 9.60. The van der Waals surface area contributed by atoms with Gasteiger partial charge in [-0.05, 0) is 6.07 Å². The van der Waals surface area contributed by atoms with Gasteiger partial charge >= 0.3 is 0 Å². The first-order valence-corrected chi connectivity index (χ1v) is 4.40. The molecule has 2 aromatic heterocycles. The van der Waals surface area contributed by atoms with E-state index in [0.717, 1.165) is 11.1 Å². The fourth-order valence-corrected chi connectivity index (χ4v) is 1.19. The van der Waals surface area contributed by atoms with E-state index >= 15 is 0 Å². The third kappa shape index (κ3) is 1.79. The standard InChI is InChI=1S/C10H9N5/c1-15(7-11)10-13-5-9(6-14-10)8-2-3-12-4-8/h2-6,12H,1H3. The molecule has 0 saturated carbocycles. The van der Waals surface area contributed by atoms with Crippen molar-refractivity contribution in [3.8, 4) is 17.3 Å². The molecule has 0 atom stereocenters. The van der Waals surface area contributed by atoms with Crippen LogP contribution in [0, 0.1) is 11.5 Å². The predicted molar refractivity (Wildman–Crippen MR) is 55.8 cm³/mol. The first-order valence-electron chi connectivity index (χ1n) is 4.40. The van der Waals surface area contributed by atoms with Gasteiger partial charge in [-0.1, -0.05) is 0 Å². The molecule has 0 fully saturated rings. The van der Waals surface area contributed by atoms with Crippen molar-refractivity contribution in [1.29, 1.82) is 5.26 Å². The van der Waals surface area contributed by atoms with E-state index in [1.54, 1.807) is 19.4 Å². The summed E-state index contributed by atoms with van der Waals surface area (Å²) < 4.78 is 0. The molecule has 0 radical (unpaired) electrons. The number of aromatic amines is 1. The van der Waals surface area contributed by atoms with Crippen molar-refractivity contribution in [2.45, 2.75) is 0 Å². The summed E-state index contributed by atoms with van der Waals surface area (Å²) in [5.41, 5.74) is 1.95. The molecule has 0 unspecified atom stereocenters. The van der Waals surface area contributed by atoms with E-state index in [0.29, 0.717) is 5.95 Å². The minimum atomic E-state index is 0.400. The van der Waals surface area contributed by atoms with Crippen molar-refractivity contribution in [1.82, 2.24) is 15.0 Å². The van der Waals surface area contributed by atoms with Crippen LogP contribution >= 0.6 is 0 Å². The predicted octanol–water partition coefficient (Wildman–Crippen LogP) is 1.39. The average Bonchev–Trinajstić information content (AvgIpc) is 2.82. The van der Waals surface area contributed by atoms with Crippen LogP contribution in [0.15, 0.2) is 30.9 Å². The number of nitriles is 1. The summed E-state index contributed by atoms with van der Waals surface area (Å²) in [6.07, 6.45) is 9.03. The monoisotopic (exact) mass is 199 g/mol. The van der Waals surface area contributed by atoms with Gasteiger partial charge in [-0.25, -0.2) is 9.97 Å². The van der Waals surface area contributed by atoms with E-state index in [2.05, 4.69) is 15.0 Å². The number of anilines is 1. The van der Waals surface area contributed by atoms with Gasteiger partial charge < -0.3 is 4.98 Å². The van der Waals surface area contributed by atoms with E-state index in [9.17, 15) is 0 Å². The number of rotatable bonds is 2. The Kier molecular flexibility index (Phi) is 2.33. The lowest BCUT2D eigenvalue weighted by molar-refractivity contribution is 1.05. The van der Waals surface area contributed by atoms with Crippen LogP contribution in [-0.4, -0.2) is 22.0 Å². The molecule has 2 aromatic rings. The highest BCUT2D eigenvalue weighted by Gasteiger charge is 2.03. The maximum absolute atomic E-state index is 8.63. The van der Waals surface area contributed by atoms with Crippen LogP contribution in [0.1, 0.15) is 0 Å². The summed E-state index contributed by atoms with van der Waals surface area (Å²) in [5.74, 6) is 0.400. The average molecular weight is 199 g/mol. The molecule has 0 aliphatic carbocycles. The van der Waals surface area contributed by atoms with Crippen LogP contribution in [0.5, 0.6) is 0 Å². The van der Waals surface area contributed by atoms with Crippen LogP contribution < -0.4 is 4.90 Å². The maximum Gasteiger partial charge on any atom is 0.238 e. The van der Waals surface area contributed by atoms with Crippen molar-refractivity contribution in [3.05, 3.63) is 30.9 Å².